The third-order valence-electron chi connectivity index (χ3n) is 5.12. The average molecular weight is 451 g/mol. The Labute approximate surface area is 192 Å². The van der Waals surface area contributed by atoms with Gasteiger partial charge in [0.25, 0.3) is 0 Å². The standard InChI is InChI=1S/C24H26N4O3S/c1-2-12-28-22(25-26-24(28)32-18-23(29)27-13-15-30-16-14-27)17-31-21-11-7-6-10-20(21)19-8-4-3-5-9-19/h2-11H,1,12-18H2. The number of carbonyl (C=O) groups is 1. The molecule has 0 unspecified atom stereocenters. The predicted molar refractivity (Wildman–Crippen MR) is 125 cm³/mol. The molecule has 0 saturated carbocycles. The first-order valence-electron chi connectivity index (χ1n) is 10.5. The fourth-order valence-corrected chi connectivity index (χ4v) is 4.34. The van der Waals surface area contributed by atoms with E-state index in [1.807, 2.05) is 51.9 Å². The van der Waals surface area contributed by atoms with Gasteiger partial charge in [-0.2, -0.15) is 0 Å². The number of morpholine rings is 1. The van der Waals surface area contributed by atoms with Gasteiger partial charge in [-0.3, -0.25) is 9.36 Å². The van der Waals surface area contributed by atoms with Crippen molar-refractivity contribution in [1.29, 1.82) is 0 Å². The number of hydrogen-bond donors (Lipinski definition) is 0. The molecule has 1 aliphatic heterocycles. The van der Waals surface area contributed by atoms with Crippen molar-refractivity contribution in [3.8, 4) is 16.9 Å². The SMILES string of the molecule is C=CCn1c(COc2ccccc2-c2ccccc2)nnc1SCC(=O)N1CCOCC1. The van der Waals surface area contributed by atoms with Crippen LogP contribution in [-0.4, -0.2) is 57.6 Å². The summed E-state index contributed by atoms with van der Waals surface area (Å²) < 4.78 is 13.4. The maximum atomic E-state index is 12.5. The molecule has 0 aliphatic carbocycles. The summed E-state index contributed by atoms with van der Waals surface area (Å²) >= 11 is 1.39. The van der Waals surface area contributed by atoms with Crippen molar-refractivity contribution < 1.29 is 14.3 Å². The minimum Gasteiger partial charge on any atom is -0.485 e. The van der Waals surface area contributed by atoms with E-state index in [0.717, 1.165) is 16.9 Å². The highest BCUT2D eigenvalue weighted by Gasteiger charge is 2.19. The van der Waals surface area contributed by atoms with Crippen molar-refractivity contribution >= 4 is 17.7 Å². The maximum absolute atomic E-state index is 12.5. The summed E-state index contributed by atoms with van der Waals surface area (Å²) in [7, 11) is 0. The number of benzene rings is 2. The molecule has 166 valence electrons. The van der Waals surface area contributed by atoms with Gasteiger partial charge in [0.2, 0.25) is 5.91 Å². The van der Waals surface area contributed by atoms with E-state index in [1.54, 1.807) is 6.08 Å². The van der Waals surface area contributed by atoms with E-state index in [9.17, 15) is 4.79 Å². The molecule has 1 fully saturated rings. The third-order valence-corrected chi connectivity index (χ3v) is 6.07. The Morgan fingerprint density at radius 1 is 1.09 bits per heavy atom. The van der Waals surface area contributed by atoms with Crippen molar-refractivity contribution in [2.75, 3.05) is 32.1 Å². The van der Waals surface area contributed by atoms with Crippen LogP contribution in [0.2, 0.25) is 0 Å². The van der Waals surface area contributed by atoms with Gasteiger partial charge in [0, 0.05) is 25.2 Å². The largest absolute Gasteiger partial charge is 0.485 e. The first kappa shape index (κ1) is 22.1. The van der Waals surface area contributed by atoms with Crippen LogP contribution in [0.4, 0.5) is 0 Å². The van der Waals surface area contributed by atoms with E-state index in [1.165, 1.54) is 11.8 Å². The zero-order valence-electron chi connectivity index (χ0n) is 17.9. The molecule has 0 N–H and O–H groups in total. The number of carbonyl (C=O) groups excluding carboxylic acids is 1. The molecule has 0 spiro atoms. The molecule has 4 rings (SSSR count). The Balaban J connectivity index is 1.44. The molecule has 32 heavy (non-hydrogen) atoms. The van der Waals surface area contributed by atoms with E-state index < -0.39 is 0 Å². The summed E-state index contributed by atoms with van der Waals surface area (Å²) in [5, 5.41) is 9.30. The minimum atomic E-state index is 0.0843. The molecule has 1 amide bonds. The second-order valence-electron chi connectivity index (χ2n) is 7.23. The predicted octanol–water partition coefficient (Wildman–Crippen LogP) is 3.66. The lowest BCUT2D eigenvalue weighted by molar-refractivity contribution is -0.132. The number of nitrogens with zero attached hydrogens (tertiary/aromatic N) is 4. The van der Waals surface area contributed by atoms with Crippen LogP contribution in [0.15, 0.2) is 72.4 Å². The first-order chi connectivity index (χ1) is 15.8. The fraction of sp³-hybridized carbons (Fsp3) is 0.292. The third kappa shape index (κ3) is 5.38. The van der Waals surface area contributed by atoms with Crippen LogP contribution in [0.25, 0.3) is 11.1 Å². The van der Waals surface area contributed by atoms with Gasteiger partial charge in [0.05, 0.1) is 19.0 Å². The smallest absolute Gasteiger partial charge is 0.233 e. The number of aromatic nitrogens is 3. The number of allylic oxidation sites excluding steroid dienone is 1. The number of amides is 1. The Hall–Kier alpha value is -3.10. The monoisotopic (exact) mass is 450 g/mol. The highest BCUT2D eigenvalue weighted by atomic mass is 32.2. The summed E-state index contributed by atoms with van der Waals surface area (Å²) in [6.45, 7) is 7.11. The fourth-order valence-electron chi connectivity index (χ4n) is 3.47. The van der Waals surface area contributed by atoms with Gasteiger partial charge >= 0.3 is 0 Å². The molecule has 0 radical (unpaired) electrons. The molecule has 2 aromatic carbocycles. The van der Waals surface area contributed by atoms with Crippen LogP contribution in [0.5, 0.6) is 5.75 Å². The van der Waals surface area contributed by atoms with E-state index in [-0.39, 0.29) is 12.5 Å². The summed E-state index contributed by atoms with van der Waals surface area (Å²) in [5.41, 5.74) is 2.11. The molecule has 1 aromatic heterocycles. The Morgan fingerprint density at radius 3 is 2.62 bits per heavy atom. The topological polar surface area (TPSA) is 69.5 Å². The normalized spacial score (nSPS) is 13.7. The number of ether oxygens (including phenoxy) is 2. The zero-order chi connectivity index (χ0) is 22.2. The van der Waals surface area contributed by atoms with Crippen molar-refractivity contribution in [3.63, 3.8) is 0 Å². The van der Waals surface area contributed by atoms with Gasteiger partial charge in [0.15, 0.2) is 11.0 Å². The quantitative estimate of drug-likeness (QED) is 0.366. The highest BCUT2D eigenvalue weighted by Crippen LogP contribution is 2.30. The number of thioether (sulfide) groups is 1. The molecule has 1 aliphatic rings. The Kier molecular flexibility index (Phi) is 7.58. The first-order valence-corrected chi connectivity index (χ1v) is 11.5. The van der Waals surface area contributed by atoms with Crippen molar-refractivity contribution in [3.05, 3.63) is 73.1 Å². The number of hydrogen-bond acceptors (Lipinski definition) is 6. The Bertz CT molecular complexity index is 1050. The number of para-hydroxylation sites is 1. The minimum absolute atomic E-state index is 0.0843. The van der Waals surface area contributed by atoms with E-state index >= 15 is 0 Å². The van der Waals surface area contributed by atoms with Crippen molar-refractivity contribution in [2.45, 2.75) is 18.3 Å². The van der Waals surface area contributed by atoms with Gasteiger partial charge in [-0.05, 0) is 11.6 Å². The van der Waals surface area contributed by atoms with Gasteiger partial charge in [-0.1, -0.05) is 66.4 Å². The molecule has 1 saturated heterocycles. The van der Waals surface area contributed by atoms with Gasteiger partial charge < -0.3 is 14.4 Å². The maximum Gasteiger partial charge on any atom is 0.233 e. The molecule has 2 heterocycles. The van der Waals surface area contributed by atoms with Crippen molar-refractivity contribution in [2.24, 2.45) is 0 Å². The summed E-state index contributed by atoms with van der Waals surface area (Å²) in [6.07, 6.45) is 1.79. The van der Waals surface area contributed by atoms with Crippen LogP contribution >= 0.6 is 11.8 Å². The molecular formula is C24H26N4O3S. The van der Waals surface area contributed by atoms with Crippen LogP contribution in [-0.2, 0) is 22.7 Å². The van der Waals surface area contributed by atoms with Crippen LogP contribution in [0.3, 0.4) is 0 Å². The molecule has 3 aromatic rings. The molecular weight excluding hydrogens is 424 g/mol. The van der Waals surface area contributed by atoms with Crippen LogP contribution in [0.1, 0.15) is 5.82 Å². The average Bonchev–Trinajstić information content (AvgIpc) is 3.24. The summed E-state index contributed by atoms with van der Waals surface area (Å²) in [6, 6.07) is 18.1. The van der Waals surface area contributed by atoms with E-state index in [2.05, 4.69) is 28.9 Å². The molecule has 0 bridgehead atoms. The lowest BCUT2D eigenvalue weighted by Gasteiger charge is -2.26. The lowest BCUT2D eigenvalue weighted by atomic mass is 10.1. The van der Waals surface area contributed by atoms with Gasteiger partial charge in [0.1, 0.15) is 12.4 Å². The van der Waals surface area contributed by atoms with E-state index in [0.29, 0.717) is 49.6 Å². The molecule has 7 nitrogen and oxygen atoms in total. The molecule has 8 heteroatoms. The van der Waals surface area contributed by atoms with Gasteiger partial charge in [-0.15, -0.1) is 16.8 Å². The van der Waals surface area contributed by atoms with E-state index in [4.69, 9.17) is 9.47 Å². The highest BCUT2D eigenvalue weighted by molar-refractivity contribution is 7.99. The Morgan fingerprint density at radius 2 is 1.84 bits per heavy atom. The molecule has 0 atom stereocenters. The van der Waals surface area contributed by atoms with Gasteiger partial charge in [-0.25, -0.2) is 0 Å². The zero-order valence-corrected chi connectivity index (χ0v) is 18.7. The van der Waals surface area contributed by atoms with Crippen LogP contribution in [0, 0.1) is 0 Å². The lowest BCUT2D eigenvalue weighted by Crippen LogP contribution is -2.41. The van der Waals surface area contributed by atoms with Crippen LogP contribution < -0.4 is 4.74 Å². The summed E-state index contributed by atoms with van der Waals surface area (Å²) in [4.78, 5) is 14.3. The summed E-state index contributed by atoms with van der Waals surface area (Å²) in [5.74, 6) is 1.87. The van der Waals surface area contributed by atoms with Crippen molar-refractivity contribution in [1.82, 2.24) is 19.7 Å². The second-order valence-corrected chi connectivity index (χ2v) is 8.17. The second kappa shape index (κ2) is 11.0. The number of rotatable bonds is 9.